The van der Waals surface area contributed by atoms with E-state index in [0.717, 1.165) is 17.7 Å². The summed E-state index contributed by atoms with van der Waals surface area (Å²) in [6.07, 6.45) is 0. The lowest BCUT2D eigenvalue weighted by atomic mass is 10.1. The molecule has 0 saturated carbocycles. The van der Waals surface area contributed by atoms with E-state index in [4.69, 9.17) is 9.47 Å². The van der Waals surface area contributed by atoms with E-state index >= 15 is 0 Å². The summed E-state index contributed by atoms with van der Waals surface area (Å²) < 4.78 is 39.4. The monoisotopic (exact) mass is 533 g/mol. The van der Waals surface area contributed by atoms with Crippen molar-refractivity contribution < 1.29 is 23.0 Å². The number of benzene rings is 2. The van der Waals surface area contributed by atoms with Crippen molar-refractivity contribution in [3.8, 4) is 11.6 Å². The summed E-state index contributed by atoms with van der Waals surface area (Å²) in [4.78, 5) is 32.2. The molecule has 1 aromatic heterocycles. The van der Waals surface area contributed by atoms with Crippen molar-refractivity contribution in [2.24, 2.45) is 0 Å². The van der Waals surface area contributed by atoms with Gasteiger partial charge in [0, 0.05) is 30.3 Å². The molecular weight excluding hydrogens is 512 g/mol. The lowest BCUT2D eigenvalue weighted by Crippen LogP contribution is -2.40. The van der Waals surface area contributed by atoms with Crippen molar-refractivity contribution in [3.05, 3.63) is 85.4 Å². The lowest BCUT2D eigenvalue weighted by Gasteiger charge is -2.27. The van der Waals surface area contributed by atoms with Crippen LogP contribution in [-0.4, -0.2) is 46.7 Å². The fraction of sp³-hybridized carbons (Fsp3) is 0.292. The van der Waals surface area contributed by atoms with E-state index in [9.17, 15) is 18.4 Å². The minimum atomic E-state index is -0.751. The van der Waals surface area contributed by atoms with Crippen LogP contribution in [0.15, 0.2) is 45.7 Å². The Labute approximate surface area is 203 Å². The summed E-state index contributed by atoms with van der Waals surface area (Å²) in [7, 11) is 0. The van der Waals surface area contributed by atoms with Gasteiger partial charge in [0.15, 0.2) is 0 Å². The zero-order valence-corrected chi connectivity index (χ0v) is 20.2. The number of halogens is 3. The fourth-order valence-electron chi connectivity index (χ4n) is 3.68. The molecule has 3 aromatic rings. The molecule has 0 N–H and O–H groups in total. The molecule has 0 aliphatic carbocycles. The van der Waals surface area contributed by atoms with Gasteiger partial charge in [-0.15, -0.1) is 0 Å². The Hall–Kier alpha value is -3.11. The van der Waals surface area contributed by atoms with E-state index in [2.05, 4.69) is 20.9 Å². The first-order valence-electron chi connectivity index (χ1n) is 10.6. The highest BCUT2D eigenvalue weighted by Gasteiger charge is 2.21. The second-order valence-electron chi connectivity index (χ2n) is 7.85. The molecule has 1 aliphatic heterocycles. The van der Waals surface area contributed by atoms with E-state index < -0.39 is 17.2 Å². The van der Waals surface area contributed by atoms with Crippen molar-refractivity contribution in [2.45, 2.75) is 20.5 Å². The third-order valence-corrected chi connectivity index (χ3v) is 6.22. The van der Waals surface area contributed by atoms with Crippen molar-refractivity contribution in [1.82, 2.24) is 14.5 Å². The Morgan fingerprint density at radius 1 is 1.15 bits per heavy atom. The molecular formula is C24H22BrF2N3O4. The van der Waals surface area contributed by atoms with Crippen LogP contribution in [0.5, 0.6) is 5.88 Å². The lowest BCUT2D eigenvalue weighted by molar-refractivity contribution is 0.0303. The summed E-state index contributed by atoms with van der Waals surface area (Å²) in [6, 6.07) is 8.34. The number of carbonyl (C=O) groups is 1. The maximum Gasteiger partial charge on any atom is 0.276 e. The highest BCUT2D eigenvalue weighted by atomic mass is 79.9. The van der Waals surface area contributed by atoms with E-state index in [0.29, 0.717) is 43.4 Å². The van der Waals surface area contributed by atoms with Crippen LogP contribution in [0.4, 0.5) is 8.78 Å². The summed E-state index contributed by atoms with van der Waals surface area (Å²) >= 11 is 3.24. The number of amides is 1. The standard InChI is InChI=1S/C24H22BrF2N3O4/c1-14-3-4-16(23(31)29-7-9-33-10-8-29)11-20(14)30-15(2)28-22(21(25)24(30)32)34-13-17-5-6-18(26)12-19(17)27/h3-6,11-12H,7-10,13H2,1-2H3. The smallest absolute Gasteiger partial charge is 0.276 e. The zero-order chi connectivity index (χ0) is 24.4. The van der Waals surface area contributed by atoms with Gasteiger partial charge in [0.2, 0.25) is 5.88 Å². The van der Waals surface area contributed by atoms with Crippen LogP contribution in [0.25, 0.3) is 5.69 Å². The van der Waals surface area contributed by atoms with E-state index in [-0.39, 0.29) is 28.4 Å². The van der Waals surface area contributed by atoms with Gasteiger partial charge in [0.05, 0.1) is 18.9 Å². The summed E-state index contributed by atoms with van der Waals surface area (Å²) in [5.74, 6) is -1.27. The Balaban J connectivity index is 1.65. The predicted molar refractivity (Wildman–Crippen MR) is 124 cm³/mol. The average molecular weight is 534 g/mol. The minimum Gasteiger partial charge on any atom is -0.472 e. The number of rotatable bonds is 5. The van der Waals surface area contributed by atoms with Crippen LogP contribution in [-0.2, 0) is 11.3 Å². The highest BCUT2D eigenvalue weighted by molar-refractivity contribution is 9.10. The molecule has 10 heteroatoms. The van der Waals surface area contributed by atoms with Gasteiger partial charge in [0.1, 0.15) is 28.5 Å². The molecule has 178 valence electrons. The van der Waals surface area contributed by atoms with Gasteiger partial charge in [-0.1, -0.05) is 6.07 Å². The maximum atomic E-state index is 13.9. The molecule has 4 rings (SSSR count). The molecule has 1 aliphatic rings. The quantitative estimate of drug-likeness (QED) is 0.496. The first-order chi connectivity index (χ1) is 16.3. The molecule has 34 heavy (non-hydrogen) atoms. The number of aromatic nitrogens is 2. The molecule has 7 nitrogen and oxygen atoms in total. The number of hydrogen-bond donors (Lipinski definition) is 0. The van der Waals surface area contributed by atoms with Crippen LogP contribution in [0, 0.1) is 25.5 Å². The van der Waals surface area contributed by atoms with Gasteiger partial charge in [-0.05, 0) is 59.6 Å². The van der Waals surface area contributed by atoms with E-state index in [1.54, 1.807) is 30.0 Å². The Bertz CT molecular complexity index is 1310. The number of aryl methyl sites for hydroxylation is 2. The van der Waals surface area contributed by atoms with Gasteiger partial charge < -0.3 is 14.4 Å². The number of ether oxygens (including phenoxy) is 2. The van der Waals surface area contributed by atoms with Crippen LogP contribution in [0.3, 0.4) is 0 Å². The summed E-state index contributed by atoms with van der Waals surface area (Å²) in [6.45, 7) is 5.23. The Kier molecular flexibility index (Phi) is 7.08. The third kappa shape index (κ3) is 4.88. The van der Waals surface area contributed by atoms with E-state index in [1.165, 1.54) is 10.6 Å². The SMILES string of the molecule is Cc1ccc(C(=O)N2CCOCC2)cc1-n1c(C)nc(OCc2ccc(F)cc2F)c(Br)c1=O. The van der Waals surface area contributed by atoms with Gasteiger partial charge in [-0.3, -0.25) is 14.2 Å². The molecule has 0 spiro atoms. The number of nitrogens with zero attached hydrogens (tertiary/aromatic N) is 3. The van der Waals surface area contributed by atoms with Gasteiger partial charge in [-0.25, -0.2) is 8.78 Å². The van der Waals surface area contributed by atoms with Crippen LogP contribution in [0.1, 0.15) is 27.3 Å². The molecule has 0 radical (unpaired) electrons. The normalized spacial score (nSPS) is 13.7. The first-order valence-corrected chi connectivity index (χ1v) is 11.4. The van der Waals surface area contributed by atoms with Crippen LogP contribution >= 0.6 is 15.9 Å². The third-order valence-electron chi connectivity index (χ3n) is 5.54. The molecule has 0 atom stereocenters. The predicted octanol–water partition coefficient (Wildman–Crippen LogP) is 3.94. The Morgan fingerprint density at radius 3 is 2.59 bits per heavy atom. The second kappa shape index (κ2) is 10.0. The van der Waals surface area contributed by atoms with E-state index in [1.807, 2.05) is 6.92 Å². The molecule has 1 amide bonds. The van der Waals surface area contributed by atoms with Crippen LogP contribution < -0.4 is 10.3 Å². The topological polar surface area (TPSA) is 73.7 Å². The highest BCUT2D eigenvalue weighted by Crippen LogP contribution is 2.24. The van der Waals surface area contributed by atoms with Crippen molar-refractivity contribution >= 4 is 21.8 Å². The van der Waals surface area contributed by atoms with Gasteiger partial charge in [-0.2, -0.15) is 4.98 Å². The van der Waals surface area contributed by atoms with Gasteiger partial charge in [0.25, 0.3) is 11.5 Å². The summed E-state index contributed by atoms with van der Waals surface area (Å²) in [5, 5.41) is 0. The van der Waals surface area contributed by atoms with Gasteiger partial charge >= 0.3 is 0 Å². The molecule has 2 heterocycles. The molecule has 1 saturated heterocycles. The fourth-order valence-corrected chi connectivity index (χ4v) is 4.06. The second-order valence-corrected chi connectivity index (χ2v) is 8.64. The van der Waals surface area contributed by atoms with Crippen molar-refractivity contribution in [3.63, 3.8) is 0 Å². The Morgan fingerprint density at radius 2 is 1.88 bits per heavy atom. The summed E-state index contributed by atoms with van der Waals surface area (Å²) in [5.41, 5.74) is 1.44. The largest absolute Gasteiger partial charge is 0.472 e. The number of morpholine rings is 1. The first kappa shape index (κ1) is 24.0. The molecule has 2 aromatic carbocycles. The van der Waals surface area contributed by atoms with Crippen LogP contribution in [0.2, 0.25) is 0 Å². The van der Waals surface area contributed by atoms with Crippen molar-refractivity contribution in [1.29, 1.82) is 0 Å². The zero-order valence-electron chi connectivity index (χ0n) is 18.6. The number of carbonyl (C=O) groups excluding carboxylic acids is 1. The molecule has 0 unspecified atom stereocenters. The van der Waals surface area contributed by atoms with Crippen molar-refractivity contribution in [2.75, 3.05) is 26.3 Å². The molecule has 0 bridgehead atoms. The minimum absolute atomic E-state index is 0.0133. The molecule has 1 fully saturated rings. The maximum absolute atomic E-state index is 13.9. The average Bonchev–Trinajstić information content (AvgIpc) is 2.82. The number of hydrogen-bond acceptors (Lipinski definition) is 5.